The molecule has 0 saturated carbocycles. The number of carbonyl (C=O) groups is 2. The first-order valence-corrected chi connectivity index (χ1v) is 8.31. The first-order chi connectivity index (χ1) is 12.0. The number of thiocarbonyl (C=S) groups is 1. The monoisotopic (exact) mass is 374 g/mol. The summed E-state index contributed by atoms with van der Waals surface area (Å²) in [6, 6.07) is 11.9. The van der Waals surface area contributed by atoms with Crippen LogP contribution in [0.3, 0.4) is 0 Å². The normalized spacial score (nSPS) is 15.7. The zero-order valence-corrected chi connectivity index (χ0v) is 14.2. The molecule has 0 spiro atoms. The van der Waals surface area contributed by atoms with Gasteiger partial charge in [0, 0.05) is 5.56 Å². The van der Waals surface area contributed by atoms with Crippen LogP contribution in [-0.4, -0.2) is 26.3 Å². The number of carbonyl (C=O) groups excluding carboxylic acids is 2. The van der Waals surface area contributed by atoms with Gasteiger partial charge in [-0.2, -0.15) is 5.01 Å². The lowest BCUT2D eigenvalue weighted by Gasteiger charge is -2.16. The Hall–Kier alpha value is -2.71. The number of phenolic OH excluding ortho intramolecular Hbond substituents is 1. The molecule has 0 aliphatic carbocycles. The van der Waals surface area contributed by atoms with Crippen LogP contribution in [0, 0.1) is 5.82 Å². The lowest BCUT2D eigenvalue weighted by molar-refractivity contribution is -0.123. The van der Waals surface area contributed by atoms with Crippen molar-refractivity contribution in [3.05, 3.63) is 70.4 Å². The summed E-state index contributed by atoms with van der Waals surface area (Å²) in [6.45, 7) is 0. The number of nitrogens with zero attached hydrogens (tertiary/aromatic N) is 1. The molecule has 1 heterocycles. The number of rotatable bonds is 3. The molecule has 1 fully saturated rings. The van der Waals surface area contributed by atoms with E-state index in [-0.39, 0.29) is 26.1 Å². The fourth-order valence-electron chi connectivity index (χ4n) is 2.12. The van der Waals surface area contributed by atoms with Crippen LogP contribution < -0.4 is 5.43 Å². The van der Waals surface area contributed by atoms with E-state index >= 15 is 0 Å². The number of aromatic hydroxyl groups is 1. The van der Waals surface area contributed by atoms with E-state index in [9.17, 15) is 19.1 Å². The quantitative estimate of drug-likeness (QED) is 0.638. The molecule has 0 atom stereocenters. The van der Waals surface area contributed by atoms with Gasteiger partial charge in [0.1, 0.15) is 11.6 Å². The fraction of sp³-hybridized carbons (Fsp3) is 0. The number of para-hydroxylation sites is 1. The molecule has 2 amide bonds. The van der Waals surface area contributed by atoms with Gasteiger partial charge in [-0.1, -0.05) is 42.1 Å². The van der Waals surface area contributed by atoms with Gasteiger partial charge in [-0.05, 0) is 36.5 Å². The van der Waals surface area contributed by atoms with Crippen molar-refractivity contribution in [1.29, 1.82) is 0 Å². The molecular weight excluding hydrogens is 363 g/mol. The van der Waals surface area contributed by atoms with E-state index in [4.69, 9.17) is 12.2 Å². The molecule has 3 rings (SSSR count). The SMILES string of the molecule is O=C(NN1C(=O)/C(=C/c2ccccc2F)SC1=S)c1ccccc1O. The Balaban J connectivity index is 1.81. The first-order valence-electron chi connectivity index (χ1n) is 7.09. The molecule has 0 bridgehead atoms. The Morgan fingerprint density at radius 1 is 1.20 bits per heavy atom. The van der Waals surface area contributed by atoms with Gasteiger partial charge in [0.05, 0.1) is 10.5 Å². The Labute approximate surface area is 152 Å². The van der Waals surface area contributed by atoms with Crippen LogP contribution >= 0.6 is 24.0 Å². The third kappa shape index (κ3) is 3.54. The van der Waals surface area contributed by atoms with Crippen LogP contribution in [-0.2, 0) is 4.79 Å². The summed E-state index contributed by atoms with van der Waals surface area (Å²) in [5.41, 5.74) is 2.61. The average molecular weight is 374 g/mol. The summed E-state index contributed by atoms with van der Waals surface area (Å²) in [6.07, 6.45) is 1.38. The highest BCUT2D eigenvalue weighted by Crippen LogP contribution is 2.32. The van der Waals surface area contributed by atoms with Gasteiger partial charge >= 0.3 is 0 Å². The number of halogens is 1. The molecule has 25 heavy (non-hydrogen) atoms. The van der Waals surface area contributed by atoms with Crippen LogP contribution in [0.4, 0.5) is 4.39 Å². The molecule has 2 aromatic rings. The second kappa shape index (κ2) is 7.04. The molecule has 2 aromatic carbocycles. The molecule has 0 unspecified atom stereocenters. The number of nitrogens with one attached hydrogen (secondary N) is 1. The predicted octanol–water partition coefficient (Wildman–Crippen LogP) is 3.08. The molecule has 8 heteroatoms. The van der Waals surface area contributed by atoms with Crippen molar-refractivity contribution in [3.8, 4) is 5.75 Å². The van der Waals surface area contributed by atoms with Gasteiger partial charge in [-0.25, -0.2) is 4.39 Å². The van der Waals surface area contributed by atoms with Crippen molar-refractivity contribution >= 4 is 46.2 Å². The van der Waals surface area contributed by atoms with Gasteiger partial charge in [0.15, 0.2) is 4.32 Å². The maximum absolute atomic E-state index is 13.7. The Morgan fingerprint density at radius 2 is 1.88 bits per heavy atom. The minimum absolute atomic E-state index is 0.00892. The van der Waals surface area contributed by atoms with Crippen LogP contribution in [0.15, 0.2) is 53.4 Å². The highest BCUT2D eigenvalue weighted by Gasteiger charge is 2.34. The number of thioether (sulfide) groups is 1. The molecule has 2 N–H and O–H groups in total. The lowest BCUT2D eigenvalue weighted by Crippen LogP contribution is -2.44. The van der Waals surface area contributed by atoms with E-state index in [0.29, 0.717) is 0 Å². The predicted molar refractivity (Wildman–Crippen MR) is 97.0 cm³/mol. The molecular formula is C17H11FN2O3S2. The van der Waals surface area contributed by atoms with Gasteiger partial charge < -0.3 is 5.11 Å². The standard InChI is InChI=1S/C17H11FN2O3S2/c18-12-7-3-1-5-10(12)9-14-16(23)20(17(24)25-14)19-15(22)11-6-2-4-8-13(11)21/h1-9,21H,(H,19,22)/b14-9-. The summed E-state index contributed by atoms with van der Waals surface area (Å²) in [4.78, 5) is 24.8. The van der Waals surface area contributed by atoms with Crippen LogP contribution in [0.2, 0.25) is 0 Å². The smallest absolute Gasteiger partial charge is 0.285 e. The van der Waals surface area contributed by atoms with Crippen molar-refractivity contribution in [1.82, 2.24) is 10.4 Å². The number of amides is 2. The summed E-state index contributed by atoms with van der Waals surface area (Å²) in [5.74, 6) is -1.93. The van der Waals surface area contributed by atoms with Crippen LogP contribution in [0.25, 0.3) is 6.08 Å². The fourth-order valence-corrected chi connectivity index (χ4v) is 3.30. The Bertz CT molecular complexity index is 914. The van der Waals surface area contributed by atoms with Crippen molar-refractivity contribution in [2.45, 2.75) is 0 Å². The molecule has 5 nitrogen and oxygen atoms in total. The largest absolute Gasteiger partial charge is 0.507 e. The van der Waals surface area contributed by atoms with Gasteiger partial charge in [-0.15, -0.1) is 0 Å². The molecule has 1 aliphatic heterocycles. The number of hydrogen-bond acceptors (Lipinski definition) is 5. The van der Waals surface area contributed by atoms with Crippen molar-refractivity contribution in [2.24, 2.45) is 0 Å². The molecule has 1 aliphatic rings. The minimum Gasteiger partial charge on any atom is -0.507 e. The minimum atomic E-state index is -0.679. The third-order valence-electron chi connectivity index (χ3n) is 3.35. The van der Waals surface area contributed by atoms with Gasteiger partial charge in [0.25, 0.3) is 11.8 Å². The number of hydrazine groups is 1. The summed E-state index contributed by atoms with van der Waals surface area (Å²) in [7, 11) is 0. The van der Waals surface area contributed by atoms with Crippen LogP contribution in [0.5, 0.6) is 5.75 Å². The highest BCUT2D eigenvalue weighted by molar-refractivity contribution is 8.26. The number of benzene rings is 2. The average Bonchev–Trinajstić information content (AvgIpc) is 2.85. The van der Waals surface area contributed by atoms with Gasteiger partial charge in [-0.3, -0.25) is 15.0 Å². The topological polar surface area (TPSA) is 69.6 Å². The van der Waals surface area contributed by atoms with E-state index in [1.807, 2.05) is 0 Å². The summed E-state index contributed by atoms with van der Waals surface area (Å²) < 4.78 is 13.8. The van der Waals surface area contributed by atoms with Crippen molar-refractivity contribution in [2.75, 3.05) is 0 Å². The summed E-state index contributed by atoms with van der Waals surface area (Å²) in [5, 5.41) is 10.6. The van der Waals surface area contributed by atoms with Gasteiger partial charge in [0.2, 0.25) is 0 Å². The van der Waals surface area contributed by atoms with Crippen molar-refractivity contribution < 1.29 is 19.1 Å². The zero-order chi connectivity index (χ0) is 18.0. The maximum Gasteiger partial charge on any atom is 0.285 e. The highest BCUT2D eigenvalue weighted by atomic mass is 32.2. The van der Waals surface area contributed by atoms with E-state index in [1.165, 1.54) is 30.3 Å². The maximum atomic E-state index is 13.7. The van der Waals surface area contributed by atoms with E-state index in [0.717, 1.165) is 16.8 Å². The molecule has 1 saturated heterocycles. The Morgan fingerprint density at radius 3 is 2.60 bits per heavy atom. The molecule has 0 radical (unpaired) electrons. The zero-order valence-electron chi connectivity index (χ0n) is 12.6. The van der Waals surface area contributed by atoms with E-state index in [1.54, 1.807) is 24.3 Å². The molecule has 126 valence electrons. The van der Waals surface area contributed by atoms with Crippen molar-refractivity contribution in [3.63, 3.8) is 0 Å². The second-order valence-electron chi connectivity index (χ2n) is 5.00. The number of phenols is 1. The number of hydrogen-bond donors (Lipinski definition) is 2. The lowest BCUT2D eigenvalue weighted by atomic mass is 10.2. The second-order valence-corrected chi connectivity index (χ2v) is 6.67. The van der Waals surface area contributed by atoms with E-state index in [2.05, 4.69) is 5.43 Å². The third-order valence-corrected chi connectivity index (χ3v) is 4.65. The Kier molecular flexibility index (Phi) is 4.82. The summed E-state index contributed by atoms with van der Waals surface area (Å²) >= 11 is 6.05. The first kappa shape index (κ1) is 17.1. The molecule has 0 aromatic heterocycles. The van der Waals surface area contributed by atoms with E-state index < -0.39 is 17.6 Å². The van der Waals surface area contributed by atoms with Crippen LogP contribution in [0.1, 0.15) is 15.9 Å².